The third-order valence-corrected chi connectivity index (χ3v) is 4.26. The van der Waals surface area contributed by atoms with Crippen molar-refractivity contribution in [3.63, 3.8) is 0 Å². The van der Waals surface area contributed by atoms with Crippen LogP contribution in [0.3, 0.4) is 0 Å². The smallest absolute Gasteiger partial charge is 0.475 e. The Bertz CT molecular complexity index is 433. The maximum Gasteiger partial charge on any atom is 0.749 e. The number of carbonyl (C=O) groups is 1. The van der Waals surface area contributed by atoms with Gasteiger partial charge in [-0.3, -0.25) is 0 Å². The van der Waals surface area contributed by atoms with Crippen LogP contribution >= 0.6 is 0 Å². The molecule has 0 aliphatic rings. The van der Waals surface area contributed by atoms with Crippen LogP contribution < -0.4 is 0 Å². The lowest BCUT2D eigenvalue weighted by Crippen LogP contribution is -2.46. The predicted octanol–water partition coefficient (Wildman–Crippen LogP) is 1.50. The Balaban J connectivity index is 3.02. The van der Waals surface area contributed by atoms with E-state index < -0.39 is 15.0 Å². The molecule has 0 aromatic heterocycles. The maximum absolute atomic E-state index is 11.2. The summed E-state index contributed by atoms with van der Waals surface area (Å²) >= 11 is 0. The standard InChI is InChI=1S/C12H16O6Si/c1-15-19(16-2,17-3)18-11(12(13)14)9-10-7-5-4-6-8-10/h4-9H,1-3H3,(H,13,14). The van der Waals surface area contributed by atoms with Crippen LogP contribution in [0.1, 0.15) is 5.56 Å². The lowest BCUT2D eigenvalue weighted by molar-refractivity contribution is -0.136. The Kier molecular flexibility index (Phi) is 5.71. The molecule has 0 unspecified atom stereocenters. The molecule has 0 bridgehead atoms. The Morgan fingerprint density at radius 3 is 2.05 bits per heavy atom. The zero-order chi connectivity index (χ0) is 14.3. The highest BCUT2D eigenvalue weighted by Crippen LogP contribution is 2.16. The van der Waals surface area contributed by atoms with E-state index in [1.54, 1.807) is 24.3 Å². The van der Waals surface area contributed by atoms with Gasteiger partial charge in [0, 0.05) is 21.3 Å². The van der Waals surface area contributed by atoms with Crippen LogP contribution in [0.25, 0.3) is 6.08 Å². The van der Waals surface area contributed by atoms with E-state index >= 15 is 0 Å². The van der Waals surface area contributed by atoms with Crippen molar-refractivity contribution in [2.75, 3.05) is 21.3 Å². The minimum atomic E-state index is -3.45. The minimum absolute atomic E-state index is 0.302. The first-order chi connectivity index (χ1) is 9.06. The number of hydrogen-bond acceptors (Lipinski definition) is 5. The number of rotatable bonds is 7. The van der Waals surface area contributed by atoms with Crippen LogP contribution in [0.5, 0.6) is 0 Å². The van der Waals surface area contributed by atoms with Crippen LogP contribution in [-0.4, -0.2) is 41.5 Å². The fraction of sp³-hybridized carbons (Fsp3) is 0.250. The molecular weight excluding hydrogens is 268 g/mol. The second kappa shape index (κ2) is 7.05. The SMILES string of the molecule is CO[Si](OC)(OC)OC(=Cc1ccccc1)C(=O)O. The molecule has 104 valence electrons. The molecule has 1 aromatic carbocycles. The van der Waals surface area contributed by atoms with Gasteiger partial charge in [-0.25, -0.2) is 4.79 Å². The summed E-state index contributed by atoms with van der Waals surface area (Å²) < 4.78 is 20.4. The van der Waals surface area contributed by atoms with Crippen molar-refractivity contribution < 1.29 is 27.6 Å². The van der Waals surface area contributed by atoms with E-state index in [-0.39, 0.29) is 5.76 Å². The largest absolute Gasteiger partial charge is 0.749 e. The number of hydrogen-bond donors (Lipinski definition) is 1. The van der Waals surface area contributed by atoms with Crippen LogP contribution in [0, 0.1) is 0 Å². The zero-order valence-electron chi connectivity index (χ0n) is 11.0. The van der Waals surface area contributed by atoms with Gasteiger partial charge in [0.25, 0.3) is 0 Å². The molecule has 0 amide bonds. The van der Waals surface area contributed by atoms with Gasteiger partial charge in [0.15, 0.2) is 5.76 Å². The fourth-order valence-corrected chi connectivity index (χ4v) is 2.51. The van der Waals surface area contributed by atoms with Crippen LogP contribution in [-0.2, 0) is 22.5 Å². The van der Waals surface area contributed by atoms with Crippen molar-refractivity contribution in [1.82, 2.24) is 0 Å². The highest BCUT2D eigenvalue weighted by Gasteiger charge is 2.46. The van der Waals surface area contributed by atoms with Crippen molar-refractivity contribution >= 4 is 21.1 Å². The van der Waals surface area contributed by atoms with Gasteiger partial charge >= 0.3 is 15.0 Å². The van der Waals surface area contributed by atoms with E-state index in [1.807, 2.05) is 6.07 Å². The first-order valence-corrected chi connectivity index (χ1v) is 7.04. The van der Waals surface area contributed by atoms with E-state index in [4.69, 9.17) is 22.8 Å². The molecule has 1 N–H and O–H groups in total. The molecular formula is C12H16O6Si. The van der Waals surface area contributed by atoms with Gasteiger partial charge in [-0.1, -0.05) is 30.3 Å². The van der Waals surface area contributed by atoms with Crippen molar-refractivity contribution in [2.45, 2.75) is 0 Å². The average molecular weight is 284 g/mol. The summed E-state index contributed by atoms with van der Waals surface area (Å²) in [6.07, 6.45) is 1.38. The molecule has 0 fully saturated rings. The minimum Gasteiger partial charge on any atom is -0.475 e. The van der Waals surface area contributed by atoms with Gasteiger partial charge in [0.05, 0.1) is 0 Å². The molecule has 0 saturated heterocycles. The molecule has 1 rings (SSSR count). The van der Waals surface area contributed by atoms with Gasteiger partial charge in [-0.2, -0.15) is 0 Å². The normalized spacial score (nSPS) is 12.3. The molecule has 0 saturated carbocycles. The summed E-state index contributed by atoms with van der Waals surface area (Å²) in [5.74, 6) is -1.53. The highest BCUT2D eigenvalue weighted by atomic mass is 28.4. The van der Waals surface area contributed by atoms with Crippen molar-refractivity contribution in [1.29, 1.82) is 0 Å². The van der Waals surface area contributed by atoms with Gasteiger partial charge in [0.2, 0.25) is 0 Å². The Morgan fingerprint density at radius 1 is 1.11 bits per heavy atom. The summed E-state index contributed by atoms with van der Waals surface area (Å²) in [5, 5.41) is 9.15. The van der Waals surface area contributed by atoms with E-state index in [0.717, 1.165) is 0 Å². The molecule has 0 aliphatic carbocycles. The molecule has 0 heterocycles. The molecule has 0 aliphatic heterocycles. The van der Waals surface area contributed by atoms with Gasteiger partial charge in [-0.15, -0.1) is 0 Å². The van der Waals surface area contributed by atoms with E-state index in [1.165, 1.54) is 27.4 Å². The molecule has 0 spiro atoms. The molecule has 0 atom stereocenters. The van der Waals surface area contributed by atoms with E-state index in [0.29, 0.717) is 5.56 Å². The summed E-state index contributed by atoms with van der Waals surface area (Å²) in [5.41, 5.74) is 0.686. The monoisotopic (exact) mass is 284 g/mol. The summed E-state index contributed by atoms with van der Waals surface area (Å²) in [6, 6.07) is 8.92. The van der Waals surface area contributed by atoms with Gasteiger partial charge < -0.3 is 22.8 Å². The molecule has 19 heavy (non-hydrogen) atoms. The topological polar surface area (TPSA) is 74.2 Å². The Morgan fingerprint density at radius 2 is 1.63 bits per heavy atom. The fourth-order valence-electron chi connectivity index (χ4n) is 1.35. The van der Waals surface area contributed by atoms with Crippen molar-refractivity contribution in [3.8, 4) is 0 Å². The third-order valence-electron chi connectivity index (χ3n) is 2.29. The Hall–Kier alpha value is -1.67. The number of aliphatic carboxylic acids is 1. The molecule has 0 radical (unpaired) electrons. The van der Waals surface area contributed by atoms with Crippen molar-refractivity contribution in [2.24, 2.45) is 0 Å². The van der Waals surface area contributed by atoms with Crippen LogP contribution in [0.15, 0.2) is 36.1 Å². The quantitative estimate of drug-likeness (QED) is 0.465. The number of benzene rings is 1. The van der Waals surface area contributed by atoms with Crippen molar-refractivity contribution in [3.05, 3.63) is 41.7 Å². The first-order valence-electron chi connectivity index (χ1n) is 5.41. The predicted molar refractivity (Wildman–Crippen MR) is 69.9 cm³/mol. The summed E-state index contributed by atoms with van der Waals surface area (Å²) in [4.78, 5) is 11.2. The molecule has 7 heteroatoms. The number of carboxylic acids is 1. The third kappa shape index (κ3) is 4.18. The summed E-state index contributed by atoms with van der Waals surface area (Å²) in [6.45, 7) is 0. The molecule has 1 aromatic rings. The highest BCUT2D eigenvalue weighted by molar-refractivity contribution is 6.54. The Labute approximate surface area is 112 Å². The average Bonchev–Trinajstić information content (AvgIpc) is 2.45. The first kappa shape index (κ1) is 15.4. The lowest BCUT2D eigenvalue weighted by Gasteiger charge is -2.23. The molecule has 6 nitrogen and oxygen atoms in total. The van der Waals surface area contributed by atoms with E-state index in [2.05, 4.69) is 0 Å². The second-order valence-electron chi connectivity index (χ2n) is 3.44. The van der Waals surface area contributed by atoms with E-state index in [9.17, 15) is 4.79 Å². The number of carboxylic acid groups (broad SMARTS) is 1. The van der Waals surface area contributed by atoms with Crippen LogP contribution in [0.2, 0.25) is 0 Å². The van der Waals surface area contributed by atoms with Gasteiger partial charge in [0.1, 0.15) is 0 Å². The van der Waals surface area contributed by atoms with Gasteiger partial charge in [-0.05, 0) is 11.6 Å². The maximum atomic E-state index is 11.2. The summed E-state index contributed by atoms with van der Waals surface area (Å²) in [7, 11) is 0.557. The van der Waals surface area contributed by atoms with Crippen LogP contribution in [0.4, 0.5) is 0 Å². The zero-order valence-corrected chi connectivity index (χ0v) is 12.0. The second-order valence-corrected chi connectivity index (χ2v) is 5.87. The lowest BCUT2D eigenvalue weighted by atomic mass is 10.2.